The Morgan fingerprint density at radius 1 is 1.35 bits per heavy atom. The molecule has 0 radical (unpaired) electrons. The predicted molar refractivity (Wildman–Crippen MR) is 88.7 cm³/mol. The Bertz CT molecular complexity index is 688. The Morgan fingerprint density at radius 2 is 2.04 bits per heavy atom. The largest absolute Gasteiger partial charge is 0.309 e. The lowest BCUT2D eigenvalue weighted by molar-refractivity contribution is -0.120. The van der Waals surface area contributed by atoms with Crippen LogP contribution in [-0.2, 0) is 14.8 Å². The summed E-state index contributed by atoms with van der Waals surface area (Å²) in [5.41, 5.74) is 0.766. The molecule has 7 nitrogen and oxygen atoms in total. The lowest BCUT2D eigenvalue weighted by Crippen LogP contribution is -2.49. The number of hydrogen-bond donors (Lipinski definition) is 1. The van der Waals surface area contributed by atoms with Crippen molar-refractivity contribution < 1.29 is 13.2 Å². The number of piperidine rings is 1. The van der Waals surface area contributed by atoms with Crippen LogP contribution in [0.4, 0.5) is 5.82 Å². The quantitative estimate of drug-likeness (QED) is 0.900. The molecular formula is C15H24N4O3S. The first-order valence-corrected chi connectivity index (χ1v) is 9.66. The van der Waals surface area contributed by atoms with Gasteiger partial charge in [0.2, 0.25) is 15.9 Å². The molecule has 128 valence electrons. The summed E-state index contributed by atoms with van der Waals surface area (Å²) in [6.07, 6.45) is 3.29. The molecule has 1 atom stereocenters. The molecule has 1 aliphatic rings. The van der Waals surface area contributed by atoms with Gasteiger partial charge in [0, 0.05) is 24.2 Å². The second-order valence-electron chi connectivity index (χ2n) is 6.28. The Morgan fingerprint density at radius 3 is 2.65 bits per heavy atom. The van der Waals surface area contributed by atoms with E-state index in [1.54, 1.807) is 6.07 Å². The van der Waals surface area contributed by atoms with Crippen LogP contribution >= 0.6 is 0 Å². The summed E-state index contributed by atoms with van der Waals surface area (Å²) >= 11 is 0. The van der Waals surface area contributed by atoms with Crippen LogP contribution < -0.4 is 5.32 Å². The lowest BCUT2D eigenvalue weighted by Gasteiger charge is -2.32. The summed E-state index contributed by atoms with van der Waals surface area (Å²) < 4.78 is 25.0. The minimum atomic E-state index is -3.40. The van der Waals surface area contributed by atoms with Gasteiger partial charge in [-0.15, -0.1) is 0 Å². The van der Waals surface area contributed by atoms with Crippen molar-refractivity contribution in [2.45, 2.75) is 52.0 Å². The number of anilines is 1. The molecular weight excluding hydrogens is 316 g/mol. The first-order valence-electron chi connectivity index (χ1n) is 7.81. The molecule has 1 fully saturated rings. The summed E-state index contributed by atoms with van der Waals surface area (Å²) in [5.74, 6) is 0.893. The SMILES string of the molecule is Cc1cc(NC(=O)[C@H]2CCCCN2S(C)(=O)=O)nc(C(C)C)n1. The number of hydrogen-bond acceptors (Lipinski definition) is 5. The van der Waals surface area contributed by atoms with Crippen LogP contribution in [0, 0.1) is 6.92 Å². The molecule has 1 amide bonds. The van der Waals surface area contributed by atoms with Gasteiger partial charge in [0.15, 0.2) is 0 Å². The maximum Gasteiger partial charge on any atom is 0.243 e. The molecule has 1 aliphatic heterocycles. The van der Waals surface area contributed by atoms with Gasteiger partial charge in [0.25, 0.3) is 0 Å². The van der Waals surface area contributed by atoms with E-state index in [2.05, 4.69) is 15.3 Å². The number of nitrogens with one attached hydrogen (secondary N) is 1. The second kappa shape index (κ2) is 6.92. The smallest absolute Gasteiger partial charge is 0.243 e. The van der Waals surface area contributed by atoms with Gasteiger partial charge in [0.1, 0.15) is 17.7 Å². The Labute approximate surface area is 137 Å². The molecule has 0 unspecified atom stereocenters. The first kappa shape index (κ1) is 17.8. The van der Waals surface area contributed by atoms with Crippen LogP contribution in [0.5, 0.6) is 0 Å². The second-order valence-corrected chi connectivity index (χ2v) is 8.22. The van der Waals surface area contributed by atoms with E-state index in [-0.39, 0.29) is 11.8 Å². The van der Waals surface area contributed by atoms with E-state index in [4.69, 9.17) is 0 Å². The fourth-order valence-corrected chi connectivity index (χ4v) is 3.81. The zero-order chi connectivity index (χ0) is 17.2. The van der Waals surface area contributed by atoms with Gasteiger partial charge in [-0.3, -0.25) is 4.79 Å². The molecule has 2 heterocycles. The summed E-state index contributed by atoms with van der Waals surface area (Å²) in [4.78, 5) is 21.2. The summed E-state index contributed by atoms with van der Waals surface area (Å²) in [7, 11) is -3.40. The maximum absolute atomic E-state index is 12.5. The van der Waals surface area contributed by atoms with Gasteiger partial charge >= 0.3 is 0 Å². The van der Waals surface area contributed by atoms with Crippen LogP contribution in [0.3, 0.4) is 0 Å². The van der Waals surface area contributed by atoms with Crippen molar-refractivity contribution in [2.24, 2.45) is 0 Å². The molecule has 1 aromatic rings. The highest BCUT2D eigenvalue weighted by Crippen LogP contribution is 2.21. The minimum absolute atomic E-state index is 0.146. The topological polar surface area (TPSA) is 92.3 Å². The van der Waals surface area contributed by atoms with E-state index in [0.717, 1.165) is 24.8 Å². The summed E-state index contributed by atoms with van der Waals surface area (Å²) in [6.45, 7) is 6.18. The third-order valence-corrected chi connectivity index (χ3v) is 5.11. The van der Waals surface area contributed by atoms with Crippen LogP contribution in [-0.4, -0.2) is 47.4 Å². The highest BCUT2D eigenvalue weighted by Gasteiger charge is 2.34. The average molecular weight is 340 g/mol. The van der Waals surface area contributed by atoms with Crippen molar-refractivity contribution in [3.8, 4) is 0 Å². The van der Waals surface area contributed by atoms with Crippen LogP contribution in [0.15, 0.2) is 6.07 Å². The number of amides is 1. The van der Waals surface area contributed by atoms with Gasteiger partial charge < -0.3 is 5.32 Å². The maximum atomic E-state index is 12.5. The molecule has 0 spiro atoms. The first-order chi connectivity index (χ1) is 10.7. The third-order valence-electron chi connectivity index (χ3n) is 3.82. The van der Waals surface area contributed by atoms with E-state index in [0.29, 0.717) is 24.6 Å². The normalized spacial score (nSPS) is 19.8. The molecule has 1 aromatic heterocycles. The lowest BCUT2D eigenvalue weighted by atomic mass is 10.0. The van der Waals surface area contributed by atoms with Gasteiger partial charge in [0.05, 0.1) is 6.26 Å². The van der Waals surface area contributed by atoms with Crippen molar-refractivity contribution in [2.75, 3.05) is 18.1 Å². The highest BCUT2D eigenvalue weighted by atomic mass is 32.2. The van der Waals surface area contributed by atoms with E-state index in [1.165, 1.54) is 4.31 Å². The fraction of sp³-hybridized carbons (Fsp3) is 0.667. The number of carbonyl (C=O) groups excluding carboxylic acids is 1. The monoisotopic (exact) mass is 340 g/mol. The van der Waals surface area contributed by atoms with E-state index in [9.17, 15) is 13.2 Å². The van der Waals surface area contributed by atoms with E-state index in [1.807, 2.05) is 20.8 Å². The number of aromatic nitrogens is 2. The van der Waals surface area contributed by atoms with Crippen molar-refractivity contribution in [1.82, 2.24) is 14.3 Å². The molecule has 2 rings (SSSR count). The third kappa shape index (κ3) is 4.48. The molecule has 0 aromatic carbocycles. The van der Waals surface area contributed by atoms with Crippen LogP contribution in [0.1, 0.15) is 50.5 Å². The van der Waals surface area contributed by atoms with Crippen LogP contribution in [0.25, 0.3) is 0 Å². The highest BCUT2D eigenvalue weighted by molar-refractivity contribution is 7.88. The number of nitrogens with zero attached hydrogens (tertiary/aromatic N) is 3. The van der Waals surface area contributed by atoms with E-state index < -0.39 is 16.1 Å². The molecule has 8 heteroatoms. The number of rotatable bonds is 4. The van der Waals surface area contributed by atoms with Gasteiger partial charge in [-0.2, -0.15) is 4.31 Å². The van der Waals surface area contributed by atoms with E-state index >= 15 is 0 Å². The van der Waals surface area contributed by atoms with Gasteiger partial charge in [-0.05, 0) is 19.8 Å². The standard InChI is InChI=1S/C15H24N4O3S/c1-10(2)14-16-11(3)9-13(17-14)18-15(20)12-7-5-6-8-19(12)23(4,21)22/h9-10,12H,5-8H2,1-4H3,(H,16,17,18,20)/t12-/m1/s1. The molecule has 0 saturated carbocycles. The Kier molecular flexibility index (Phi) is 5.36. The Balaban J connectivity index is 2.20. The predicted octanol–water partition coefficient (Wildman–Crippen LogP) is 1.66. The number of aryl methyl sites for hydroxylation is 1. The fourth-order valence-electron chi connectivity index (χ4n) is 2.69. The zero-order valence-corrected chi connectivity index (χ0v) is 14.9. The van der Waals surface area contributed by atoms with Gasteiger partial charge in [-0.1, -0.05) is 20.3 Å². The van der Waals surface area contributed by atoms with Crippen molar-refractivity contribution in [1.29, 1.82) is 0 Å². The summed E-state index contributed by atoms with van der Waals surface area (Å²) in [6, 6.07) is 1.02. The van der Waals surface area contributed by atoms with Crippen molar-refractivity contribution >= 4 is 21.7 Å². The molecule has 1 N–H and O–H groups in total. The van der Waals surface area contributed by atoms with Crippen molar-refractivity contribution in [3.63, 3.8) is 0 Å². The van der Waals surface area contributed by atoms with Crippen molar-refractivity contribution in [3.05, 3.63) is 17.6 Å². The average Bonchev–Trinajstić information content (AvgIpc) is 2.45. The van der Waals surface area contributed by atoms with Crippen LogP contribution in [0.2, 0.25) is 0 Å². The zero-order valence-electron chi connectivity index (χ0n) is 14.0. The number of carbonyl (C=O) groups is 1. The molecule has 23 heavy (non-hydrogen) atoms. The molecule has 1 saturated heterocycles. The Hall–Kier alpha value is -1.54. The molecule has 0 aliphatic carbocycles. The summed E-state index contributed by atoms with van der Waals surface area (Å²) in [5, 5.41) is 2.75. The molecule has 0 bridgehead atoms. The number of sulfonamides is 1. The minimum Gasteiger partial charge on any atom is -0.309 e. The van der Waals surface area contributed by atoms with Gasteiger partial charge in [-0.25, -0.2) is 18.4 Å².